The number of fused-ring (bicyclic) bond motifs is 1. The molecule has 0 aliphatic rings. The maximum atomic E-state index is 11.3. The van der Waals surface area contributed by atoms with E-state index < -0.39 is 5.91 Å². The van der Waals surface area contributed by atoms with E-state index in [1.165, 1.54) is 22.5 Å². The number of nitrogens with zero attached hydrogens (tertiary/aromatic N) is 1. The summed E-state index contributed by atoms with van der Waals surface area (Å²) in [5.74, 6) is -0.0292. The van der Waals surface area contributed by atoms with Crippen LogP contribution in [0.5, 0.6) is 0 Å². The van der Waals surface area contributed by atoms with Crippen molar-refractivity contribution in [3.63, 3.8) is 0 Å². The predicted octanol–water partition coefficient (Wildman–Crippen LogP) is 2.52. The number of primary amides is 1. The monoisotopic (exact) mass is 314 g/mol. The fraction of sp³-hybridized carbons (Fsp3) is 0.125. The lowest BCUT2D eigenvalue weighted by Gasteiger charge is -2.11. The van der Waals surface area contributed by atoms with Crippen LogP contribution in [-0.2, 0) is 4.79 Å². The van der Waals surface area contributed by atoms with Crippen molar-refractivity contribution in [3.05, 3.63) is 53.2 Å². The molecule has 4 N–H and O–H groups in total. The number of benzene rings is 2. The second kappa shape index (κ2) is 7.51. The van der Waals surface area contributed by atoms with Gasteiger partial charge in [0.15, 0.2) is 5.70 Å². The van der Waals surface area contributed by atoms with Crippen LogP contribution in [0, 0.1) is 0 Å². The maximum absolute atomic E-state index is 11.3. The lowest BCUT2D eigenvalue weighted by Crippen LogP contribution is -2.19. The Morgan fingerprint density at radius 3 is 2.64 bits per heavy atom. The Kier molecular flexibility index (Phi) is 5.43. The summed E-state index contributed by atoms with van der Waals surface area (Å²) in [4.78, 5) is 14.9. The molecule has 2 aromatic rings. The first kappa shape index (κ1) is 15.9. The molecule has 0 radical (unpaired) electrons. The maximum Gasteiger partial charge on any atom is 0.269 e. The first-order chi connectivity index (χ1) is 10.7. The van der Waals surface area contributed by atoms with Gasteiger partial charge in [0.25, 0.3) is 5.91 Å². The molecule has 0 unspecified atom stereocenters. The molecular formula is C16H18N4OS. The van der Waals surface area contributed by atoms with Gasteiger partial charge in [0.05, 0.1) is 5.88 Å². The van der Waals surface area contributed by atoms with E-state index in [2.05, 4.69) is 46.6 Å². The van der Waals surface area contributed by atoms with Gasteiger partial charge in [0.1, 0.15) is 5.03 Å². The molecule has 0 spiro atoms. The zero-order valence-electron chi connectivity index (χ0n) is 12.3. The first-order valence-corrected chi connectivity index (χ1v) is 7.68. The summed E-state index contributed by atoms with van der Waals surface area (Å²) in [6, 6.07) is 14.3. The zero-order chi connectivity index (χ0) is 15.9. The summed E-state index contributed by atoms with van der Waals surface area (Å²) in [6.45, 7) is 3.37. The summed E-state index contributed by atoms with van der Waals surface area (Å²) < 4.78 is 0. The number of carbonyl (C=O) groups is 1. The Bertz CT molecular complexity index is 727. The fourth-order valence-corrected chi connectivity index (χ4v) is 2.84. The standard InChI is InChI=1S/C16H18N4OS/c1-18-14(15(17)21)16(19-2)22-10-20-13-8-7-11-5-3-4-6-12(11)9-13/h3-9,19-20H,1,10H2,2H3,(H2,17,21)/b16-14-. The minimum atomic E-state index is -0.599. The number of thioether (sulfide) groups is 1. The van der Waals surface area contributed by atoms with Gasteiger partial charge in [-0.15, -0.1) is 0 Å². The average Bonchev–Trinajstić information content (AvgIpc) is 2.53. The average molecular weight is 314 g/mol. The summed E-state index contributed by atoms with van der Waals surface area (Å²) in [6.07, 6.45) is 0. The van der Waals surface area contributed by atoms with Crippen molar-refractivity contribution in [3.8, 4) is 0 Å². The third kappa shape index (κ3) is 3.79. The van der Waals surface area contributed by atoms with Gasteiger partial charge in [-0.05, 0) is 29.6 Å². The summed E-state index contributed by atoms with van der Waals surface area (Å²) in [5.41, 5.74) is 6.42. The topological polar surface area (TPSA) is 79.5 Å². The minimum absolute atomic E-state index is 0.146. The minimum Gasteiger partial charge on any atom is -0.381 e. The Hall–Kier alpha value is -2.47. The van der Waals surface area contributed by atoms with Crippen LogP contribution in [0.4, 0.5) is 5.69 Å². The number of amides is 1. The molecule has 0 bridgehead atoms. The van der Waals surface area contributed by atoms with Crippen molar-refractivity contribution in [2.75, 3.05) is 18.2 Å². The summed E-state index contributed by atoms with van der Waals surface area (Å²) in [5, 5.41) is 9.18. The third-order valence-corrected chi connectivity index (χ3v) is 4.05. The van der Waals surface area contributed by atoms with Gasteiger partial charge in [0, 0.05) is 12.7 Å². The molecule has 22 heavy (non-hydrogen) atoms. The molecule has 0 aliphatic heterocycles. The lowest BCUT2D eigenvalue weighted by atomic mass is 10.1. The van der Waals surface area contributed by atoms with Crippen LogP contribution in [0.2, 0.25) is 0 Å². The highest BCUT2D eigenvalue weighted by atomic mass is 32.2. The number of carbonyl (C=O) groups excluding carboxylic acids is 1. The van der Waals surface area contributed by atoms with Gasteiger partial charge in [-0.1, -0.05) is 42.1 Å². The van der Waals surface area contributed by atoms with Crippen molar-refractivity contribution in [2.45, 2.75) is 0 Å². The van der Waals surface area contributed by atoms with Gasteiger partial charge >= 0.3 is 0 Å². The molecule has 0 aromatic heterocycles. The molecular weight excluding hydrogens is 296 g/mol. The van der Waals surface area contributed by atoms with Crippen molar-refractivity contribution in [2.24, 2.45) is 10.7 Å². The van der Waals surface area contributed by atoms with Crippen LogP contribution in [-0.4, -0.2) is 25.5 Å². The molecule has 5 nitrogen and oxygen atoms in total. The van der Waals surface area contributed by atoms with E-state index in [0.717, 1.165) is 5.69 Å². The number of rotatable bonds is 7. The Morgan fingerprint density at radius 2 is 2.00 bits per heavy atom. The third-order valence-electron chi connectivity index (χ3n) is 3.08. The molecule has 0 heterocycles. The van der Waals surface area contributed by atoms with Gasteiger partial charge in [0.2, 0.25) is 0 Å². The van der Waals surface area contributed by atoms with E-state index in [0.29, 0.717) is 10.9 Å². The van der Waals surface area contributed by atoms with Crippen LogP contribution in [0.1, 0.15) is 0 Å². The van der Waals surface area contributed by atoms with Crippen molar-refractivity contribution >= 4 is 40.8 Å². The number of aliphatic imine (C=N–C) groups is 1. The van der Waals surface area contributed by atoms with Gasteiger partial charge < -0.3 is 16.4 Å². The van der Waals surface area contributed by atoms with Crippen LogP contribution in [0.3, 0.4) is 0 Å². The summed E-state index contributed by atoms with van der Waals surface area (Å²) in [7, 11) is 1.71. The van der Waals surface area contributed by atoms with E-state index in [-0.39, 0.29) is 5.70 Å². The smallest absolute Gasteiger partial charge is 0.269 e. The van der Waals surface area contributed by atoms with E-state index in [1.807, 2.05) is 18.2 Å². The Labute approximate surface area is 133 Å². The Morgan fingerprint density at radius 1 is 1.27 bits per heavy atom. The predicted molar refractivity (Wildman–Crippen MR) is 94.9 cm³/mol. The number of hydrogen-bond donors (Lipinski definition) is 3. The molecule has 0 aliphatic carbocycles. The lowest BCUT2D eigenvalue weighted by molar-refractivity contribution is -0.114. The largest absolute Gasteiger partial charge is 0.381 e. The van der Waals surface area contributed by atoms with Crippen molar-refractivity contribution < 1.29 is 4.79 Å². The molecule has 0 fully saturated rings. The molecule has 6 heteroatoms. The molecule has 2 rings (SSSR count). The number of anilines is 1. The van der Waals surface area contributed by atoms with E-state index in [1.54, 1.807) is 7.05 Å². The molecule has 2 aromatic carbocycles. The van der Waals surface area contributed by atoms with Crippen LogP contribution < -0.4 is 16.4 Å². The van der Waals surface area contributed by atoms with Gasteiger partial charge in [-0.2, -0.15) is 0 Å². The van der Waals surface area contributed by atoms with Gasteiger partial charge in [-0.3, -0.25) is 9.79 Å². The molecule has 0 saturated heterocycles. The van der Waals surface area contributed by atoms with Crippen LogP contribution >= 0.6 is 11.8 Å². The Balaban J connectivity index is 2.05. The summed E-state index contributed by atoms with van der Waals surface area (Å²) >= 11 is 1.41. The van der Waals surface area contributed by atoms with Crippen molar-refractivity contribution in [1.29, 1.82) is 0 Å². The number of hydrogen-bond acceptors (Lipinski definition) is 5. The van der Waals surface area contributed by atoms with Crippen LogP contribution in [0.25, 0.3) is 10.8 Å². The molecule has 0 atom stereocenters. The van der Waals surface area contributed by atoms with Crippen LogP contribution in [0.15, 0.2) is 58.2 Å². The van der Waals surface area contributed by atoms with E-state index in [9.17, 15) is 4.79 Å². The highest BCUT2D eigenvalue weighted by Crippen LogP contribution is 2.21. The fourth-order valence-electron chi connectivity index (χ4n) is 2.01. The highest BCUT2D eigenvalue weighted by Gasteiger charge is 2.10. The SMILES string of the molecule is C=N/C(C(N)=O)=C(/NC)SCNc1ccc2ccccc2c1. The molecule has 114 valence electrons. The van der Waals surface area contributed by atoms with Crippen molar-refractivity contribution in [1.82, 2.24) is 5.32 Å². The first-order valence-electron chi connectivity index (χ1n) is 6.69. The normalized spacial score (nSPS) is 11.7. The second-order valence-corrected chi connectivity index (χ2v) is 5.46. The molecule has 0 saturated carbocycles. The van der Waals surface area contributed by atoms with Gasteiger partial charge in [-0.25, -0.2) is 0 Å². The highest BCUT2D eigenvalue weighted by molar-refractivity contribution is 8.03. The molecule has 1 amide bonds. The number of nitrogens with one attached hydrogen (secondary N) is 2. The zero-order valence-corrected chi connectivity index (χ0v) is 13.1. The quantitative estimate of drug-likeness (QED) is 0.417. The second-order valence-electron chi connectivity index (χ2n) is 4.48. The number of nitrogens with two attached hydrogens (primary N) is 1. The van der Waals surface area contributed by atoms with E-state index in [4.69, 9.17) is 5.73 Å². The van der Waals surface area contributed by atoms with E-state index >= 15 is 0 Å².